The van der Waals surface area contributed by atoms with Gasteiger partial charge < -0.3 is 4.90 Å². The minimum atomic E-state index is -0.537. The number of hydrogen-bond donors (Lipinski definition) is 0. The number of halogens is 2. The van der Waals surface area contributed by atoms with Gasteiger partial charge in [-0.1, -0.05) is 6.07 Å². The molecule has 0 unspecified atom stereocenters. The summed E-state index contributed by atoms with van der Waals surface area (Å²) in [5, 5.41) is 0. The van der Waals surface area contributed by atoms with Crippen LogP contribution in [0.25, 0.3) is 0 Å². The van der Waals surface area contributed by atoms with Gasteiger partial charge in [-0.05, 0) is 13.0 Å². The van der Waals surface area contributed by atoms with Crippen molar-refractivity contribution in [1.29, 1.82) is 0 Å². The second-order valence-corrected chi connectivity index (χ2v) is 5.53. The van der Waals surface area contributed by atoms with E-state index < -0.39 is 11.6 Å². The normalized spacial score (nSPS) is 16.0. The Balaban J connectivity index is 1.61. The average Bonchev–Trinajstić information content (AvgIpc) is 2.51. The topological polar surface area (TPSA) is 32.3 Å². The summed E-state index contributed by atoms with van der Waals surface area (Å²) < 4.78 is 26.6. The van der Waals surface area contributed by atoms with Crippen LogP contribution in [0.4, 0.5) is 14.6 Å². The minimum absolute atomic E-state index is 0.478. The van der Waals surface area contributed by atoms with Crippen molar-refractivity contribution >= 4 is 5.82 Å². The Morgan fingerprint density at radius 3 is 2.59 bits per heavy atom. The van der Waals surface area contributed by atoms with Crippen molar-refractivity contribution < 1.29 is 8.78 Å². The molecule has 1 aromatic heterocycles. The summed E-state index contributed by atoms with van der Waals surface area (Å²) in [6.45, 7) is 5.81. The van der Waals surface area contributed by atoms with E-state index >= 15 is 0 Å². The smallest absolute Gasteiger partial charge is 0.134 e. The van der Waals surface area contributed by atoms with Gasteiger partial charge in [-0.3, -0.25) is 4.90 Å². The van der Waals surface area contributed by atoms with E-state index in [1.807, 2.05) is 13.1 Å². The molecule has 0 saturated carbocycles. The van der Waals surface area contributed by atoms with Crippen LogP contribution in [-0.2, 0) is 6.54 Å². The largest absolute Gasteiger partial charge is 0.354 e. The van der Waals surface area contributed by atoms with Gasteiger partial charge in [-0.25, -0.2) is 18.7 Å². The van der Waals surface area contributed by atoms with Crippen LogP contribution in [0.3, 0.4) is 0 Å². The molecule has 0 spiro atoms. The van der Waals surface area contributed by atoms with E-state index in [0.29, 0.717) is 12.1 Å². The standard InChI is InChI=1S/C16H18F2N4/c1-12-9-19-11-20-16(12)22-6-4-21(5-7-22)10-13-2-3-14(17)8-15(13)18/h2-3,8-9,11H,4-7,10H2,1H3. The van der Waals surface area contributed by atoms with Crippen LogP contribution in [-0.4, -0.2) is 41.0 Å². The van der Waals surface area contributed by atoms with Crippen LogP contribution in [0.15, 0.2) is 30.7 Å². The summed E-state index contributed by atoms with van der Waals surface area (Å²) >= 11 is 0. The predicted molar refractivity (Wildman–Crippen MR) is 80.6 cm³/mol. The zero-order valence-electron chi connectivity index (χ0n) is 12.5. The van der Waals surface area contributed by atoms with Crippen molar-refractivity contribution in [3.63, 3.8) is 0 Å². The molecule has 22 heavy (non-hydrogen) atoms. The molecule has 1 aromatic carbocycles. The van der Waals surface area contributed by atoms with Gasteiger partial charge in [-0.2, -0.15) is 0 Å². The van der Waals surface area contributed by atoms with E-state index in [1.165, 1.54) is 12.1 Å². The Bertz CT molecular complexity index is 654. The molecule has 6 heteroatoms. The summed E-state index contributed by atoms with van der Waals surface area (Å²) in [6, 6.07) is 3.76. The molecule has 3 rings (SSSR count). The van der Waals surface area contributed by atoms with E-state index in [9.17, 15) is 8.78 Å². The van der Waals surface area contributed by atoms with Crippen molar-refractivity contribution in [3.05, 3.63) is 53.5 Å². The Morgan fingerprint density at radius 1 is 1.14 bits per heavy atom. The SMILES string of the molecule is Cc1cncnc1N1CCN(Cc2ccc(F)cc2F)CC1. The second kappa shape index (κ2) is 6.36. The molecule has 4 nitrogen and oxygen atoms in total. The van der Waals surface area contributed by atoms with Crippen molar-refractivity contribution in [2.75, 3.05) is 31.1 Å². The Morgan fingerprint density at radius 2 is 1.91 bits per heavy atom. The number of rotatable bonds is 3. The summed E-state index contributed by atoms with van der Waals surface area (Å²) in [5.74, 6) is -0.0537. The maximum absolute atomic E-state index is 13.7. The van der Waals surface area contributed by atoms with Gasteiger partial charge in [-0.15, -0.1) is 0 Å². The van der Waals surface area contributed by atoms with Gasteiger partial charge in [0.2, 0.25) is 0 Å². The molecule has 116 valence electrons. The zero-order valence-corrected chi connectivity index (χ0v) is 12.5. The Labute approximate surface area is 128 Å². The van der Waals surface area contributed by atoms with E-state index in [0.717, 1.165) is 43.6 Å². The van der Waals surface area contributed by atoms with Gasteiger partial charge in [0, 0.05) is 56.1 Å². The fourth-order valence-corrected chi connectivity index (χ4v) is 2.73. The molecule has 0 atom stereocenters. The summed E-state index contributed by atoms with van der Waals surface area (Å²) in [6.07, 6.45) is 3.37. The number of hydrogen-bond acceptors (Lipinski definition) is 4. The van der Waals surface area contributed by atoms with Crippen LogP contribution in [0.5, 0.6) is 0 Å². The molecule has 0 aliphatic carbocycles. The molecule has 0 radical (unpaired) electrons. The number of benzene rings is 1. The number of anilines is 1. The molecule has 1 fully saturated rings. The van der Waals surface area contributed by atoms with Crippen LogP contribution >= 0.6 is 0 Å². The number of nitrogens with zero attached hydrogens (tertiary/aromatic N) is 4. The van der Waals surface area contributed by atoms with Crippen molar-refractivity contribution in [2.45, 2.75) is 13.5 Å². The molecule has 0 N–H and O–H groups in total. The van der Waals surface area contributed by atoms with Crippen molar-refractivity contribution in [2.24, 2.45) is 0 Å². The molecule has 1 saturated heterocycles. The first-order valence-electron chi connectivity index (χ1n) is 7.31. The quantitative estimate of drug-likeness (QED) is 0.871. The number of piperazine rings is 1. The lowest BCUT2D eigenvalue weighted by Crippen LogP contribution is -2.46. The molecule has 0 amide bonds. The number of aryl methyl sites for hydroxylation is 1. The summed E-state index contributed by atoms with van der Waals surface area (Å²) in [5.41, 5.74) is 1.59. The second-order valence-electron chi connectivity index (χ2n) is 5.53. The summed E-state index contributed by atoms with van der Waals surface area (Å²) in [4.78, 5) is 12.7. The monoisotopic (exact) mass is 304 g/mol. The van der Waals surface area contributed by atoms with E-state index in [4.69, 9.17) is 0 Å². The fraction of sp³-hybridized carbons (Fsp3) is 0.375. The van der Waals surface area contributed by atoms with Crippen LogP contribution in [0, 0.1) is 18.6 Å². The maximum atomic E-state index is 13.7. The molecular weight excluding hydrogens is 286 g/mol. The van der Waals surface area contributed by atoms with Crippen LogP contribution in [0.2, 0.25) is 0 Å². The molecule has 1 aliphatic heterocycles. The molecule has 2 heterocycles. The van der Waals surface area contributed by atoms with Gasteiger partial charge in [0.1, 0.15) is 23.8 Å². The first kappa shape index (κ1) is 14.8. The molecule has 0 bridgehead atoms. The third kappa shape index (κ3) is 3.22. The van der Waals surface area contributed by atoms with Crippen molar-refractivity contribution in [3.8, 4) is 0 Å². The fourth-order valence-electron chi connectivity index (χ4n) is 2.73. The van der Waals surface area contributed by atoms with Gasteiger partial charge in [0.15, 0.2) is 0 Å². The Hall–Kier alpha value is -2.08. The minimum Gasteiger partial charge on any atom is -0.354 e. The van der Waals surface area contributed by atoms with E-state index in [1.54, 1.807) is 6.33 Å². The summed E-state index contributed by atoms with van der Waals surface area (Å²) in [7, 11) is 0. The highest BCUT2D eigenvalue weighted by Crippen LogP contribution is 2.18. The maximum Gasteiger partial charge on any atom is 0.134 e. The number of aromatic nitrogens is 2. The lowest BCUT2D eigenvalue weighted by Gasteiger charge is -2.35. The van der Waals surface area contributed by atoms with E-state index in [2.05, 4.69) is 19.8 Å². The van der Waals surface area contributed by atoms with Gasteiger partial charge >= 0.3 is 0 Å². The highest BCUT2D eigenvalue weighted by molar-refractivity contribution is 5.44. The van der Waals surface area contributed by atoms with Crippen LogP contribution < -0.4 is 4.90 Å². The first-order valence-corrected chi connectivity index (χ1v) is 7.31. The van der Waals surface area contributed by atoms with Gasteiger partial charge in [0.25, 0.3) is 0 Å². The highest BCUT2D eigenvalue weighted by Gasteiger charge is 2.20. The van der Waals surface area contributed by atoms with Crippen molar-refractivity contribution in [1.82, 2.24) is 14.9 Å². The third-order valence-corrected chi connectivity index (χ3v) is 3.95. The molecule has 2 aromatic rings. The van der Waals surface area contributed by atoms with Gasteiger partial charge in [0.05, 0.1) is 0 Å². The lowest BCUT2D eigenvalue weighted by molar-refractivity contribution is 0.246. The molecular formula is C16H18F2N4. The zero-order chi connectivity index (χ0) is 15.5. The average molecular weight is 304 g/mol. The first-order chi connectivity index (χ1) is 10.6. The Kier molecular flexibility index (Phi) is 4.29. The van der Waals surface area contributed by atoms with E-state index in [-0.39, 0.29) is 0 Å². The molecule has 1 aliphatic rings. The highest BCUT2D eigenvalue weighted by atomic mass is 19.1. The van der Waals surface area contributed by atoms with Crippen LogP contribution in [0.1, 0.15) is 11.1 Å². The predicted octanol–water partition coefficient (Wildman–Crippen LogP) is 2.39. The lowest BCUT2D eigenvalue weighted by atomic mass is 10.1. The third-order valence-electron chi connectivity index (χ3n) is 3.95.